The molecule has 0 saturated carbocycles. The van der Waals surface area contributed by atoms with E-state index in [1.165, 1.54) is 5.56 Å². The van der Waals surface area contributed by atoms with Crippen LogP contribution in [-0.2, 0) is 4.79 Å². The van der Waals surface area contributed by atoms with Gasteiger partial charge in [0.25, 0.3) is 0 Å². The van der Waals surface area contributed by atoms with Gasteiger partial charge in [-0.25, -0.2) is 0 Å². The van der Waals surface area contributed by atoms with Crippen LogP contribution in [0.4, 0.5) is 0 Å². The first kappa shape index (κ1) is 15.0. The molecule has 1 aromatic carbocycles. The largest absolute Gasteiger partial charge is 0.340 e. The van der Waals surface area contributed by atoms with Gasteiger partial charge in [0, 0.05) is 31.5 Å². The summed E-state index contributed by atoms with van der Waals surface area (Å²) >= 11 is 0. The van der Waals surface area contributed by atoms with E-state index in [0.29, 0.717) is 13.0 Å². The molecule has 0 bridgehead atoms. The molecule has 1 aliphatic heterocycles. The molecule has 0 aromatic heterocycles. The van der Waals surface area contributed by atoms with Crippen molar-refractivity contribution in [3.05, 3.63) is 35.9 Å². The predicted molar refractivity (Wildman–Crippen MR) is 75.9 cm³/mol. The normalized spacial score (nSPS) is 22.7. The Morgan fingerprint density at radius 2 is 2.00 bits per heavy atom. The molecule has 1 heterocycles. The number of carbonyl (C=O) groups is 1. The van der Waals surface area contributed by atoms with Crippen molar-refractivity contribution in [3.8, 4) is 0 Å². The van der Waals surface area contributed by atoms with Crippen LogP contribution in [0.15, 0.2) is 30.3 Å². The van der Waals surface area contributed by atoms with Crippen LogP contribution in [-0.4, -0.2) is 29.9 Å². The predicted octanol–water partition coefficient (Wildman–Crippen LogP) is 2.16. The second kappa shape index (κ2) is 6.76. The fraction of sp³-hybridized carbons (Fsp3) is 0.500. The van der Waals surface area contributed by atoms with Gasteiger partial charge in [-0.15, -0.1) is 12.4 Å². The maximum Gasteiger partial charge on any atom is 0.222 e. The van der Waals surface area contributed by atoms with Gasteiger partial charge in [-0.3, -0.25) is 4.79 Å². The lowest BCUT2D eigenvalue weighted by atomic mass is 9.95. The smallest absolute Gasteiger partial charge is 0.222 e. The Hall–Kier alpha value is -1.06. The Kier molecular flexibility index (Phi) is 5.63. The molecular weight excluding hydrogens is 248 g/mol. The van der Waals surface area contributed by atoms with Crippen LogP contribution in [0.25, 0.3) is 0 Å². The van der Waals surface area contributed by atoms with Crippen molar-refractivity contribution in [1.82, 2.24) is 4.90 Å². The highest BCUT2D eigenvalue weighted by molar-refractivity contribution is 5.85. The number of carbonyl (C=O) groups excluding carboxylic acids is 1. The third-order valence-corrected chi connectivity index (χ3v) is 3.41. The average molecular weight is 269 g/mol. The standard InChI is InChI=1S/C14H20N2O.ClH/c1-2-6-14(17)16-9-12(13(15)10-16)11-7-4-3-5-8-11;/h3-5,7-8,12-13H,2,6,9-10,15H2,1H3;1H/t12-,13+;/m0./s1. The summed E-state index contributed by atoms with van der Waals surface area (Å²) < 4.78 is 0. The zero-order valence-electron chi connectivity index (χ0n) is 10.7. The van der Waals surface area contributed by atoms with Crippen LogP contribution in [0.5, 0.6) is 0 Å². The number of nitrogens with two attached hydrogens (primary N) is 1. The molecule has 1 amide bonds. The molecule has 18 heavy (non-hydrogen) atoms. The number of hydrogen-bond acceptors (Lipinski definition) is 2. The SMILES string of the molecule is CCCC(=O)N1C[C@@H](N)[C@H](c2ccccc2)C1.Cl. The van der Waals surface area contributed by atoms with E-state index in [9.17, 15) is 4.79 Å². The van der Waals surface area contributed by atoms with Gasteiger partial charge >= 0.3 is 0 Å². The number of benzene rings is 1. The van der Waals surface area contributed by atoms with E-state index in [-0.39, 0.29) is 30.3 Å². The van der Waals surface area contributed by atoms with Gasteiger partial charge in [0.15, 0.2) is 0 Å². The number of rotatable bonds is 3. The third kappa shape index (κ3) is 3.24. The van der Waals surface area contributed by atoms with Crippen LogP contribution < -0.4 is 5.73 Å². The summed E-state index contributed by atoms with van der Waals surface area (Å²) in [5.41, 5.74) is 7.38. The number of nitrogens with zero attached hydrogens (tertiary/aromatic N) is 1. The van der Waals surface area contributed by atoms with Crippen molar-refractivity contribution in [2.45, 2.75) is 31.7 Å². The van der Waals surface area contributed by atoms with Gasteiger partial charge in [0.1, 0.15) is 0 Å². The minimum Gasteiger partial charge on any atom is -0.340 e. The number of amides is 1. The average Bonchev–Trinajstić information content (AvgIpc) is 2.73. The summed E-state index contributed by atoms with van der Waals surface area (Å²) in [6.45, 7) is 3.49. The molecule has 2 atom stereocenters. The molecule has 3 nitrogen and oxygen atoms in total. The molecule has 1 fully saturated rings. The van der Waals surface area contributed by atoms with Crippen molar-refractivity contribution in [2.75, 3.05) is 13.1 Å². The van der Waals surface area contributed by atoms with Crippen LogP contribution in [0.3, 0.4) is 0 Å². The number of likely N-dealkylation sites (tertiary alicyclic amines) is 1. The molecule has 2 N–H and O–H groups in total. The Bertz CT molecular complexity index is 383. The molecular formula is C14H21ClN2O. The van der Waals surface area contributed by atoms with Crippen molar-refractivity contribution < 1.29 is 4.79 Å². The topological polar surface area (TPSA) is 46.3 Å². The van der Waals surface area contributed by atoms with Crippen molar-refractivity contribution in [3.63, 3.8) is 0 Å². The molecule has 2 rings (SSSR count). The lowest BCUT2D eigenvalue weighted by Gasteiger charge is -2.16. The van der Waals surface area contributed by atoms with E-state index in [0.717, 1.165) is 13.0 Å². The highest BCUT2D eigenvalue weighted by Gasteiger charge is 2.33. The molecule has 100 valence electrons. The van der Waals surface area contributed by atoms with Crippen LogP contribution >= 0.6 is 12.4 Å². The maximum atomic E-state index is 11.8. The monoisotopic (exact) mass is 268 g/mol. The fourth-order valence-electron chi connectivity index (χ4n) is 2.46. The van der Waals surface area contributed by atoms with E-state index >= 15 is 0 Å². The zero-order chi connectivity index (χ0) is 12.3. The minimum atomic E-state index is 0. The van der Waals surface area contributed by atoms with Crippen LogP contribution in [0.1, 0.15) is 31.2 Å². The summed E-state index contributed by atoms with van der Waals surface area (Å²) in [6, 6.07) is 10.3. The second-order valence-corrected chi connectivity index (χ2v) is 4.73. The molecule has 4 heteroatoms. The summed E-state index contributed by atoms with van der Waals surface area (Å²) in [6.07, 6.45) is 1.54. The van der Waals surface area contributed by atoms with Gasteiger partial charge < -0.3 is 10.6 Å². The fourth-order valence-corrected chi connectivity index (χ4v) is 2.46. The van der Waals surface area contributed by atoms with Crippen molar-refractivity contribution in [1.29, 1.82) is 0 Å². The third-order valence-electron chi connectivity index (χ3n) is 3.41. The van der Waals surface area contributed by atoms with E-state index in [2.05, 4.69) is 12.1 Å². The molecule has 0 aliphatic carbocycles. The summed E-state index contributed by atoms with van der Waals surface area (Å²) in [5.74, 6) is 0.526. The van der Waals surface area contributed by atoms with Crippen molar-refractivity contribution in [2.24, 2.45) is 5.73 Å². The Morgan fingerprint density at radius 3 is 2.61 bits per heavy atom. The molecule has 0 spiro atoms. The minimum absolute atomic E-state index is 0. The first-order chi connectivity index (χ1) is 8.22. The van der Waals surface area contributed by atoms with E-state index in [4.69, 9.17) is 5.73 Å². The summed E-state index contributed by atoms with van der Waals surface area (Å²) in [5, 5.41) is 0. The lowest BCUT2D eigenvalue weighted by molar-refractivity contribution is -0.130. The quantitative estimate of drug-likeness (QED) is 0.913. The molecule has 1 aliphatic rings. The summed E-state index contributed by atoms with van der Waals surface area (Å²) in [4.78, 5) is 13.7. The van der Waals surface area contributed by atoms with Gasteiger partial charge in [-0.1, -0.05) is 37.3 Å². The maximum absolute atomic E-state index is 11.8. The van der Waals surface area contributed by atoms with E-state index in [1.807, 2.05) is 30.0 Å². The highest BCUT2D eigenvalue weighted by Crippen LogP contribution is 2.26. The van der Waals surface area contributed by atoms with Crippen molar-refractivity contribution >= 4 is 18.3 Å². The molecule has 1 aromatic rings. The van der Waals surface area contributed by atoms with Gasteiger partial charge in [-0.2, -0.15) is 0 Å². The second-order valence-electron chi connectivity index (χ2n) is 4.73. The number of halogens is 1. The molecule has 1 saturated heterocycles. The Balaban J connectivity index is 0.00000162. The first-order valence-corrected chi connectivity index (χ1v) is 6.30. The summed E-state index contributed by atoms with van der Waals surface area (Å²) in [7, 11) is 0. The highest BCUT2D eigenvalue weighted by atomic mass is 35.5. The van der Waals surface area contributed by atoms with Gasteiger partial charge in [0.2, 0.25) is 5.91 Å². The molecule has 0 radical (unpaired) electrons. The van der Waals surface area contributed by atoms with Crippen LogP contribution in [0.2, 0.25) is 0 Å². The van der Waals surface area contributed by atoms with Gasteiger partial charge in [0.05, 0.1) is 0 Å². The van der Waals surface area contributed by atoms with E-state index in [1.54, 1.807) is 0 Å². The van der Waals surface area contributed by atoms with Crippen LogP contribution in [0, 0.1) is 0 Å². The van der Waals surface area contributed by atoms with E-state index < -0.39 is 0 Å². The lowest BCUT2D eigenvalue weighted by Crippen LogP contribution is -2.31. The molecule has 0 unspecified atom stereocenters. The van der Waals surface area contributed by atoms with Gasteiger partial charge in [-0.05, 0) is 12.0 Å². The zero-order valence-corrected chi connectivity index (χ0v) is 11.5. The first-order valence-electron chi connectivity index (χ1n) is 6.30. The Morgan fingerprint density at radius 1 is 1.33 bits per heavy atom. The number of hydrogen-bond donors (Lipinski definition) is 1. The Labute approximate surface area is 115 Å².